The molecule has 1 heterocycles. The van der Waals surface area contributed by atoms with Crippen LogP contribution < -0.4 is 16.0 Å². The Morgan fingerprint density at radius 2 is 1.83 bits per heavy atom. The van der Waals surface area contributed by atoms with E-state index in [4.69, 9.17) is 10.5 Å². The number of rotatable bonds is 3. The molecule has 23 heavy (non-hydrogen) atoms. The molecule has 1 aromatic heterocycles. The Bertz CT molecular complexity index is 889. The first kappa shape index (κ1) is 17.0. The fourth-order valence-electron chi connectivity index (χ4n) is 2.47. The van der Waals surface area contributed by atoms with Crippen LogP contribution >= 0.6 is 12.4 Å². The van der Waals surface area contributed by atoms with Gasteiger partial charge in [-0.05, 0) is 23.8 Å². The maximum atomic E-state index is 12.3. The number of aryl methyl sites for hydroxylation is 1. The quantitative estimate of drug-likeness (QED) is 0.800. The number of ether oxygens (including phenoxy) is 1. The summed E-state index contributed by atoms with van der Waals surface area (Å²) in [7, 11) is 3.26. The van der Waals surface area contributed by atoms with Crippen molar-refractivity contribution >= 4 is 23.2 Å². The maximum absolute atomic E-state index is 12.3. The van der Waals surface area contributed by atoms with E-state index in [0.29, 0.717) is 17.7 Å². The van der Waals surface area contributed by atoms with Crippen molar-refractivity contribution in [3.63, 3.8) is 0 Å². The molecule has 2 N–H and O–H groups in total. The lowest BCUT2D eigenvalue weighted by molar-refractivity contribution is 0.415. The van der Waals surface area contributed by atoms with E-state index < -0.39 is 0 Å². The van der Waals surface area contributed by atoms with Crippen molar-refractivity contribution in [3.05, 3.63) is 58.4 Å². The van der Waals surface area contributed by atoms with Gasteiger partial charge in [-0.3, -0.25) is 4.79 Å². The molecule has 0 fully saturated rings. The standard InChI is InChI=1S/C17H17N3O2.ClH/c1-20-17(21)14-8-7-13(22-2)9-15(14)16(19-20)12-5-3-11(10-18)4-6-12;/h3-9H,10,18H2,1-2H3;1H. The van der Waals surface area contributed by atoms with Gasteiger partial charge in [-0.1, -0.05) is 24.3 Å². The van der Waals surface area contributed by atoms with Gasteiger partial charge in [-0.2, -0.15) is 5.10 Å². The number of nitrogens with zero attached hydrogens (tertiary/aromatic N) is 2. The van der Waals surface area contributed by atoms with Gasteiger partial charge in [-0.25, -0.2) is 4.68 Å². The summed E-state index contributed by atoms with van der Waals surface area (Å²) < 4.78 is 6.63. The predicted octanol–water partition coefficient (Wildman–Crippen LogP) is 2.49. The maximum Gasteiger partial charge on any atom is 0.274 e. The Kier molecular flexibility index (Phi) is 5.03. The fraction of sp³-hybridized carbons (Fsp3) is 0.176. The van der Waals surface area contributed by atoms with Crippen molar-refractivity contribution in [3.8, 4) is 17.0 Å². The second-order valence-corrected chi connectivity index (χ2v) is 5.09. The lowest BCUT2D eigenvalue weighted by atomic mass is 10.0. The van der Waals surface area contributed by atoms with E-state index in [9.17, 15) is 4.79 Å². The second-order valence-electron chi connectivity index (χ2n) is 5.09. The molecule has 0 saturated carbocycles. The van der Waals surface area contributed by atoms with E-state index in [-0.39, 0.29) is 18.0 Å². The Morgan fingerprint density at radius 1 is 1.13 bits per heavy atom. The zero-order chi connectivity index (χ0) is 15.7. The molecule has 3 rings (SSSR count). The monoisotopic (exact) mass is 331 g/mol. The molecule has 0 aliphatic rings. The normalized spacial score (nSPS) is 10.4. The zero-order valence-electron chi connectivity index (χ0n) is 12.9. The minimum absolute atomic E-state index is 0. The van der Waals surface area contributed by atoms with Gasteiger partial charge in [0, 0.05) is 24.5 Å². The third kappa shape index (κ3) is 3.06. The molecule has 6 heteroatoms. The SMILES string of the molecule is COc1ccc2c(=O)n(C)nc(-c3ccc(CN)cc3)c2c1.Cl. The van der Waals surface area contributed by atoms with Crippen LogP contribution in [0.15, 0.2) is 47.3 Å². The number of methoxy groups -OCH3 is 1. The highest BCUT2D eigenvalue weighted by Crippen LogP contribution is 2.27. The number of benzene rings is 2. The Labute approximate surface area is 140 Å². The lowest BCUT2D eigenvalue weighted by Gasteiger charge is -2.10. The Morgan fingerprint density at radius 3 is 2.43 bits per heavy atom. The van der Waals surface area contributed by atoms with Gasteiger partial charge in [0.15, 0.2) is 0 Å². The van der Waals surface area contributed by atoms with E-state index in [1.165, 1.54) is 4.68 Å². The first-order valence-electron chi connectivity index (χ1n) is 6.98. The number of hydrogen-bond acceptors (Lipinski definition) is 4. The van der Waals surface area contributed by atoms with E-state index in [0.717, 1.165) is 22.2 Å². The van der Waals surface area contributed by atoms with Crippen molar-refractivity contribution in [2.24, 2.45) is 12.8 Å². The van der Waals surface area contributed by atoms with Gasteiger partial charge in [0.1, 0.15) is 5.75 Å². The first-order valence-corrected chi connectivity index (χ1v) is 6.98. The first-order chi connectivity index (χ1) is 10.6. The van der Waals surface area contributed by atoms with E-state index >= 15 is 0 Å². The van der Waals surface area contributed by atoms with Crippen molar-refractivity contribution in [1.29, 1.82) is 0 Å². The lowest BCUT2D eigenvalue weighted by Crippen LogP contribution is -2.20. The molecular formula is C17H18ClN3O2. The van der Waals surface area contributed by atoms with E-state index in [1.54, 1.807) is 26.3 Å². The second kappa shape index (κ2) is 6.81. The summed E-state index contributed by atoms with van der Waals surface area (Å²) >= 11 is 0. The topological polar surface area (TPSA) is 70.1 Å². The Balaban J connectivity index is 0.00000192. The van der Waals surface area contributed by atoms with Gasteiger partial charge in [-0.15, -0.1) is 12.4 Å². The van der Waals surface area contributed by atoms with Crippen LogP contribution in [0.4, 0.5) is 0 Å². The molecule has 0 spiro atoms. The summed E-state index contributed by atoms with van der Waals surface area (Å²) in [5, 5.41) is 5.82. The summed E-state index contributed by atoms with van der Waals surface area (Å²) in [5.74, 6) is 0.697. The van der Waals surface area contributed by atoms with Gasteiger partial charge < -0.3 is 10.5 Å². The molecule has 3 aromatic rings. The third-order valence-corrected chi connectivity index (χ3v) is 3.72. The van der Waals surface area contributed by atoms with Crippen LogP contribution in [-0.4, -0.2) is 16.9 Å². The molecule has 0 radical (unpaired) electrons. The predicted molar refractivity (Wildman–Crippen MR) is 94.1 cm³/mol. The number of hydrogen-bond donors (Lipinski definition) is 1. The molecule has 0 bridgehead atoms. The summed E-state index contributed by atoms with van der Waals surface area (Å²) in [6, 6.07) is 13.3. The summed E-state index contributed by atoms with van der Waals surface area (Å²) in [6.07, 6.45) is 0. The average Bonchev–Trinajstić information content (AvgIpc) is 2.57. The summed E-state index contributed by atoms with van der Waals surface area (Å²) in [5.41, 5.74) is 8.25. The highest BCUT2D eigenvalue weighted by molar-refractivity contribution is 5.94. The van der Waals surface area contributed by atoms with Crippen molar-refractivity contribution in [2.75, 3.05) is 7.11 Å². The largest absolute Gasteiger partial charge is 0.497 e. The van der Waals surface area contributed by atoms with Crippen LogP contribution in [0.3, 0.4) is 0 Å². The number of nitrogens with two attached hydrogens (primary N) is 1. The average molecular weight is 332 g/mol. The smallest absolute Gasteiger partial charge is 0.274 e. The van der Waals surface area contributed by atoms with Crippen LogP contribution in [0.2, 0.25) is 0 Å². The minimum atomic E-state index is -0.125. The van der Waals surface area contributed by atoms with Crippen LogP contribution in [0.25, 0.3) is 22.0 Å². The van der Waals surface area contributed by atoms with Gasteiger partial charge in [0.2, 0.25) is 0 Å². The van der Waals surface area contributed by atoms with Crippen LogP contribution in [-0.2, 0) is 13.6 Å². The molecule has 0 aliphatic heterocycles. The number of fused-ring (bicyclic) bond motifs is 1. The van der Waals surface area contributed by atoms with Crippen molar-refractivity contribution in [2.45, 2.75) is 6.54 Å². The molecule has 0 unspecified atom stereocenters. The Hall–Kier alpha value is -2.37. The van der Waals surface area contributed by atoms with Gasteiger partial charge in [0.25, 0.3) is 5.56 Å². The number of halogens is 1. The van der Waals surface area contributed by atoms with Crippen molar-refractivity contribution in [1.82, 2.24) is 9.78 Å². The summed E-state index contributed by atoms with van der Waals surface area (Å²) in [6.45, 7) is 0.496. The fourth-order valence-corrected chi connectivity index (χ4v) is 2.47. The molecule has 0 atom stereocenters. The van der Waals surface area contributed by atoms with Crippen LogP contribution in [0.1, 0.15) is 5.56 Å². The van der Waals surface area contributed by atoms with Crippen LogP contribution in [0.5, 0.6) is 5.75 Å². The zero-order valence-corrected chi connectivity index (χ0v) is 13.8. The molecule has 120 valence electrons. The van der Waals surface area contributed by atoms with E-state index in [2.05, 4.69) is 5.10 Å². The number of aromatic nitrogens is 2. The van der Waals surface area contributed by atoms with Gasteiger partial charge in [0.05, 0.1) is 18.2 Å². The highest BCUT2D eigenvalue weighted by atomic mass is 35.5. The van der Waals surface area contributed by atoms with E-state index in [1.807, 2.05) is 30.3 Å². The molecule has 2 aromatic carbocycles. The third-order valence-electron chi connectivity index (χ3n) is 3.72. The highest BCUT2D eigenvalue weighted by Gasteiger charge is 2.11. The summed E-state index contributed by atoms with van der Waals surface area (Å²) in [4.78, 5) is 12.3. The van der Waals surface area contributed by atoms with Crippen LogP contribution in [0, 0.1) is 0 Å². The molecule has 0 aliphatic carbocycles. The van der Waals surface area contributed by atoms with Gasteiger partial charge >= 0.3 is 0 Å². The molecule has 5 nitrogen and oxygen atoms in total. The molecular weight excluding hydrogens is 314 g/mol. The molecule has 0 saturated heterocycles. The minimum Gasteiger partial charge on any atom is -0.497 e. The van der Waals surface area contributed by atoms with Crippen molar-refractivity contribution < 1.29 is 4.74 Å². The molecule has 0 amide bonds.